The Kier molecular flexibility index (Phi) is 4.18. The molecule has 4 heteroatoms. The highest BCUT2D eigenvalue weighted by Crippen LogP contribution is 2.20. The molecule has 1 aliphatic rings. The molecule has 0 aliphatic carbocycles. The van der Waals surface area contributed by atoms with Crippen molar-refractivity contribution in [1.82, 2.24) is 14.7 Å². The topological polar surface area (TPSA) is 47.1 Å². The molecule has 2 N–H and O–H groups in total. The van der Waals surface area contributed by atoms with Gasteiger partial charge < -0.3 is 5.73 Å². The summed E-state index contributed by atoms with van der Waals surface area (Å²) in [4.78, 5) is 2.50. The second-order valence-corrected chi connectivity index (χ2v) is 5.19. The third-order valence-electron chi connectivity index (χ3n) is 3.68. The lowest BCUT2D eigenvalue weighted by Crippen LogP contribution is -2.30. The zero-order valence-corrected chi connectivity index (χ0v) is 11.0. The minimum absolute atomic E-state index is 0.320. The number of aromatic nitrogens is 2. The summed E-state index contributed by atoms with van der Waals surface area (Å²) < 4.78 is 2.12. The van der Waals surface area contributed by atoms with Crippen LogP contribution in [0, 0.1) is 5.92 Å². The molecule has 1 aromatic heterocycles. The molecule has 2 heterocycles. The van der Waals surface area contributed by atoms with E-state index >= 15 is 0 Å². The smallest absolute Gasteiger partial charge is 0.0524 e. The molecule has 1 aromatic rings. The molecule has 0 spiro atoms. The molecule has 0 saturated carbocycles. The van der Waals surface area contributed by atoms with E-state index in [-0.39, 0.29) is 0 Å². The van der Waals surface area contributed by atoms with Crippen molar-refractivity contribution in [3.05, 3.63) is 18.0 Å². The fourth-order valence-corrected chi connectivity index (χ4v) is 2.57. The summed E-state index contributed by atoms with van der Waals surface area (Å²) in [6.45, 7) is 8.65. The number of nitrogens with two attached hydrogens (primary N) is 1. The average Bonchev–Trinajstić information content (AvgIpc) is 2.90. The summed E-state index contributed by atoms with van der Waals surface area (Å²) in [6.07, 6.45) is 4.28. The third-order valence-corrected chi connectivity index (χ3v) is 3.68. The lowest BCUT2D eigenvalue weighted by Gasteiger charge is -2.18. The molecule has 1 fully saturated rings. The first kappa shape index (κ1) is 12.6. The Morgan fingerprint density at radius 1 is 1.59 bits per heavy atom. The lowest BCUT2D eigenvalue weighted by atomic mass is 10.0. The highest BCUT2D eigenvalue weighted by molar-refractivity contribution is 5.01. The van der Waals surface area contributed by atoms with E-state index in [1.807, 2.05) is 6.20 Å². The van der Waals surface area contributed by atoms with Crippen molar-refractivity contribution in [3.63, 3.8) is 0 Å². The maximum absolute atomic E-state index is 5.97. The fourth-order valence-electron chi connectivity index (χ4n) is 2.57. The van der Waals surface area contributed by atoms with Crippen molar-refractivity contribution in [2.45, 2.75) is 45.8 Å². The number of hydrogen-bond acceptors (Lipinski definition) is 3. The highest BCUT2D eigenvalue weighted by atomic mass is 15.3. The van der Waals surface area contributed by atoms with Crippen LogP contribution in [0.1, 0.15) is 32.4 Å². The SMILES string of the molecule is CCCn1nccc1CN1CCC(C(C)N)C1. The van der Waals surface area contributed by atoms with Crippen LogP contribution in [-0.4, -0.2) is 33.8 Å². The van der Waals surface area contributed by atoms with E-state index in [0.29, 0.717) is 12.0 Å². The Labute approximate surface area is 104 Å². The molecule has 0 bridgehead atoms. The van der Waals surface area contributed by atoms with Gasteiger partial charge in [0, 0.05) is 31.9 Å². The van der Waals surface area contributed by atoms with E-state index in [9.17, 15) is 0 Å². The van der Waals surface area contributed by atoms with Gasteiger partial charge in [0.15, 0.2) is 0 Å². The van der Waals surface area contributed by atoms with E-state index in [1.54, 1.807) is 0 Å². The van der Waals surface area contributed by atoms with Crippen LogP contribution in [0.25, 0.3) is 0 Å². The van der Waals surface area contributed by atoms with Crippen LogP contribution >= 0.6 is 0 Å². The van der Waals surface area contributed by atoms with Crippen molar-refractivity contribution in [2.75, 3.05) is 13.1 Å². The van der Waals surface area contributed by atoms with Gasteiger partial charge in [0.05, 0.1) is 5.69 Å². The van der Waals surface area contributed by atoms with Gasteiger partial charge in [-0.25, -0.2) is 0 Å². The maximum Gasteiger partial charge on any atom is 0.0524 e. The highest BCUT2D eigenvalue weighted by Gasteiger charge is 2.25. The molecule has 2 rings (SSSR count). The normalized spacial score (nSPS) is 23.1. The van der Waals surface area contributed by atoms with Crippen LogP contribution in [0.15, 0.2) is 12.3 Å². The first-order chi connectivity index (χ1) is 8.20. The Hall–Kier alpha value is -0.870. The van der Waals surface area contributed by atoms with Crippen LogP contribution in [0.3, 0.4) is 0 Å². The van der Waals surface area contributed by atoms with Crippen molar-refractivity contribution in [1.29, 1.82) is 0 Å². The monoisotopic (exact) mass is 236 g/mol. The summed E-state index contributed by atoms with van der Waals surface area (Å²) >= 11 is 0. The second kappa shape index (κ2) is 5.65. The van der Waals surface area contributed by atoms with Crippen molar-refractivity contribution < 1.29 is 0 Å². The molecular weight excluding hydrogens is 212 g/mol. The predicted octanol–water partition coefficient (Wildman–Crippen LogP) is 1.46. The van der Waals surface area contributed by atoms with Crippen LogP contribution in [0.4, 0.5) is 0 Å². The summed E-state index contributed by atoms with van der Waals surface area (Å²) in [5.74, 6) is 0.664. The number of nitrogens with zero attached hydrogens (tertiary/aromatic N) is 3. The molecule has 1 saturated heterocycles. The van der Waals surface area contributed by atoms with Gasteiger partial charge >= 0.3 is 0 Å². The van der Waals surface area contributed by atoms with Crippen molar-refractivity contribution in [2.24, 2.45) is 11.7 Å². The Balaban J connectivity index is 1.91. The molecule has 17 heavy (non-hydrogen) atoms. The standard InChI is InChI=1S/C13H24N4/c1-3-7-17-13(4-6-15-17)10-16-8-5-12(9-16)11(2)14/h4,6,11-12H,3,5,7-10,14H2,1-2H3. The van der Waals surface area contributed by atoms with Crippen LogP contribution in [0.5, 0.6) is 0 Å². The quantitative estimate of drug-likeness (QED) is 0.842. The molecule has 0 aromatic carbocycles. The summed E-state index contributed by atoms with van der Waals surface area (Å²) in [6, 6.07) is 2.45. The van der Waals surface area contributed by atoms with Gasteiger partial charge in [0.25, 0.3) is 0 Å². The molecule has 96 valence electrons. The van der Waals surface area contributed by atoms with E-state index in [4.69, 9.17) is 5.73 Å². The van der Waals surface area contributed by atoms with Crippen molar-refractivity contribution in [3.8, 4) is 0 Å². The van der Waals surface area contributed by atoms with E-state index in [0.717, 1.165) is 26.1 Å². The Bertz CT molecular complexity index is 345. The zero-order chi connectivity index (χ0) is 12.3. The van der Waals surface area contributed by atoms with Crippen LogP contribution < -0.4 is 5.73 Å². The molecule has 0 amide bonds. The van der Waals surface area contributed by atoms with E-state index < -0.39 is 0 Å². The van der Waals surface area contributed by atoms with Crippen LogP contribution in [0.2, 0.25) is 0 Å². The molecule has 2 atom stereocenters. The first-order valence-electron chi connectivity index (χ1n) is 6.69. The van der Waals surface area contributed by atoms with Gasteiger partial charge in [0.1, 0.15) is 0 Å². The zero-order valence-electron chi connectivity index (χ0n) is 11.0. The lowest BCUT2D eigenvalue weighted by molar-refractivity contribution is 0.297. The van der Waals surface area contributed by atoms with Gasteiger partial charge in [-0.2, -0.15) is 5.10 Å². The minimum atomic E-state index is 0.320. The number of aryl methyl sites for hydroxylation is 1. The first-order valence-corrected chi connectivity index (χ1v) is 6.69. The van der Waals surface area contributed by atoms with Gasteiger partial charge in [-0.05, 0) is 38.3 Å². The molecule has 2 unspecified atom stereocenters. The largest absolute Gasteiger partial charge is 0.328 e. The summed E-state index contributed by atoms with van der Waals surface area (Å²) in [7, 11) is 0. The van der Waals surface area contributed by atoms with E-state index in [2.05, 4.69) is 34.6 Å². The third kappa shape index (κ3) is 3.07. The van der Waals surface area contributed by atoms with Gasteiger partial charge in [-0.1, -0.05) is 6.92 Å². The van der Waals surface area contributed by atoms with Gasteiger partial charge in [0.2, 0.25) is 0 Å². The molecule has 1 aliphatic heterocycles. The van der Waals surface area contributed by atoms with Gasteiger partial charge in [-0.3, -0.25) is 9.58 Å². The number of likely N-dealkylation sites (tertiary alicyclic amines) is 1. The molecule has 4 nitrogen and oxygen atoms in total. The second-order valence-electron chi connectivity index (χ2n) is 5.19. The van der Waals surface area contributed by atoms with Crippen LogP contribution in [-0.2, 0) is 13.1 Å². The fraction of sp³-hybridized carbons (Fsp3) is 0.769. The summed E-state index contributed by atoms with van der Waals surface area (Å²) in [5.41, 5.74) is 7.30. The number of rotatable bonds is 5. The average molecular weight is 236 g/mol. The van der Waals surface area contributed by atoms with Crippen molar-refractivity contribution >= 4 is 0 Å². The summed E-state index contributed by atoms with van der Waals surface area (Å²) in [5, 5.41) is 4.37. The van der Waals surface area contributed by atoms with E-state index in [1.165, 1.54) is 18.7 Å². The molecular formula is C13H24N4. The number of hydrogen-bond donors (Lipinski definition) is 1. The Morgan fingerprint density at radius 3 is 3.06 bits per heavy atom. The Morgan fingerprint density at radius 2 is 2.41 bits per heavy atom. The molecule has 0 radical (unpaired) electrons. The predicted molar refractivity (Wildman–Crippen MR) is 69.6 cm³/mol. The maximum atomic E-state index is 5.97. The van der Waals surface area contributed by atoms with Gasteiger partial charge in [-0.15, -0.1) is 0 Å². The minimum Gasteiger partial charge on any atom is -0.328 e.